The minimum absolute atomic E-state index is 0.131. The van der Waals surface area contributed by atoms with Crippen molar-refractivity contribution in [2.45, 2.75) is 18.9 Å². The normalized spacial score (nSPS) is 11.8. The van der Waals surface area contributed by atoms with Gasteiger partial charge >= 0.3 is 15.5 Å². The lowest BCUT2D eigenvalue weighted by atomic mass is 10.1. The van der Waals surface area contributed by atoms with Gasteiger partial charge in [-0.15, -0.1) is 0 Å². The van der Waals surface area contributed by atoms with Gasteiger partial charge in [0.1, 0.15) is 0 Å². The fraction of sp³-hybridized carbons (Fsp3) is 0.333. The Morgan fingerprint density at radius 3 is 2.14 bits per heavy atom. The molecule has 0 heterocycles. The topological polar surface area (TPSA) is 92.3 Å². The van der Waals surface area contributed by atoms with Crippen LogP contribution in [0, 0.1) is 0 Å². The third-order valence-electron chi connectivity index (χ3n) is 2.53. The van der Waals surface area contributed by atoms with Crippen LogP contribution in [0.15, 0.2) is 24.3 Å². The standard InChI is InChI=1S/C12H13F3N2O4S/c1-2-11(19)16-7-10(18)8-3-5-9(6-4-8)17-22(20,21)12(13,14)15/h3-6,17H,2,7H2,1H3,(H,16,19). The van der Waals surface area contributed by atoms with Crippen LogP contribution in [-0.4, -0.2) is 32.2 Å². The maximum atomic E-state index is 12.2. The van der Waals surface area contributed by atoms with Crippen molar-refractivity contribution in [3.63, 3.8) is 0 Å². The van der Waals surface area contributed by atoms with Gasteiger partial charge in [-0.2, -0.15) is 21.6 Å². The van der Waals surface area contributed by atoms with E-state index in [1.54, 1.807) is 6.92 Å². The molecule has 0 aliphatic heterocycles. The average Bonchev–Trinajstić information content (AvgIpc) is 2.43. The van der Waals surface area contributed by atoms with E-state index < -0.39 is 21.3 Å². The molecule has 0 radical (unpaired) electrons. The van der Waals surface area contributed by atoms with Crippen molar-refractivity contribution in [1.82, 2.24) is 5.32 Å². The molecule has 0 fully saturated rings. The molecule has 0 aromatic heterocycles. The first kappa shape index (κ1) is 18.0. The SMILES string of the molecule is CCC(=O)NCC(=O)c1ccc(NS(=O)(=O)C(F)(F)F)cc1. The number of rotatable bonds is 6. The number of benzene rings is 1. The monoisotopic (exact) mass is 338 g/mol. The Balaban J connectivity index is 2.75. The van der Waals surface area contributed by atoms with E-state index in [2.05, 4.69) is 5.32 Å². The highest BCUT2D eigenvalue weighted by Gasteiger charge is 2.45. The van der Waals surface area contributed by atoms with Gasteiger partial charge < -0.3 is 5.32 Å². The number of ketones is 1. The van der Waals surface area contributed by atoms with E-state index in [0.717, 1.165) is 24.3 Å². The summed E-state index contributed by atoms with van der Waals surface area (Å²) in [6, 6.07) is 4.37. The average molecular weight is 338 g/mol. The number of sulfonamides is 1. The molecule has 0 spiro atoms. The summed E-state index contributed by atoms with van der Waals surface area (Å²) in [5, 5.41) is 2.35. The van der Waals surface area contributed by atoms with Crippen molar-refractivity contribution in [3.05, 3.63) is 29.8 Å². The number of amides is 1. The second-order valence-corrected chi connectivity index (χ2v) is 5.86. The molecule has 2 N–H and O–H groups in total. The molecule has 0 atom stereocenters. The van der Waals surface area contributed by atoms with E-state index >= 15 is 0 Å². The summed E-state index contributed by atoms with van der Waals surface area (Å²) in [6.07, 6.45) is 0.214. The van der Waals surface area contributed by atoms with Gasteiger partial charge in [0.2, 0.25) is 5.91 Å². The summed E-state index contributed by atoms with van der Waals surface area (Å²) < 4.78 is 59.7. The Morgan fingerprint density at radius 1 is 1.14 bits per heavy atom. The number of halogens is 3. The predicted octanol–water partition coefficient (Wildman–Crippen LogP) is 1.66. The fourth-order valence-corrected chi connectivity index (χ4v) is 1.91. The first-order chi connectivity index (χ1) is 10.1. The van der Waals surface area contributed by atoms with Crippen molar-refractivity contribution in [1.29, 1.82) is 0 Å². The molecule has 0 saturated heterocycles. The summed E-state index contributed by atoms with van der Waals surface area (Å²) in [7, 11) is -5.50. The minimum Gasteiger partial charge on any atom is -0.349 e. The maximum absolute atomic E-state index is 12.2. The van der Waals surface area contributed by atoms with Gasteiger partial charge in [0.15, 0.2) is 5.78 Å². The van der Waals surface area contributed by atoms with Crippen LogP contribution in [0.3, 0.4) is 0 Å². The Kier molecular flexibility index (Phi) is 5.53. The fourth-order valence-electron chi connectivity index (χ4n) is 1.34. The van der Waals surface area contributed by atoms with Crippen molar-refractivity contribution in [2.24, 2.45) is 0 Å². The van der Waals surface area contributed by atoms with E-state index in [1.807, 2.05) is 0 Å². The van der Waals surface area contributed by atoms with Crippen LogP contribution >= 0.6 is 0 Å². The zero-order valence-electron chi connectivity index (χ0n) is 11.4. The van der Waals surface area contributed by atoms with E-state index in [0.29, 0.717) is 0 Å². The predicted molar refractivity (Wildman–Crippen MR) is 72.7 cm³/mol. The summed E-state index contributed by atoms with van der Waals surface area (Å²) in [6.45, 7) is 1.36. The molecule has 0 aliphatic rings. The molecular weight excluding hydrogens is 325 g/mol. The Hall–Kier alpha value is -2.10. The Bertz CT molecular complexity index is 654. The molecular formula is C12H13F3N2O4S. The first-order valence-corrected chi connectivity index (χ1v) is 7.54. The van der Waals surface area contributed by atoms with Gasteiger partial charge in [-0.3, -0.25) is 14.3 Å². The lowest BCUT2D eigenvalue weighted by molar-refractivity contribution is -0.120. The van der Waals surface area contributed by atoms with Crippen molar-refractivity contribution >= 4 is 27.4 Å². The van der Waals surface area contributed by atoms with Gasteiger partial charge in [-0.25, -0.2) is 0 Å². The van der Waals surface area contributed by atoms with Crippen LogP contribution in [0.25, 0.3) is 0 Å². The zero-order chi connectivity index (χ0) is 17.0. The molecule has 10 heteroatoms. The van der Waals surface area contributed by atoms with E-state index in [-0.39, 0.29) is 30.1 Å². The molecule has 1 aromatic carbocycles. The molecule has 0 bridgehead atoms. The minimum atomic E-state index is -5.50. The Labute approximate surface area is 124 Å². The molecule has 22 heavy (non-hydrogen) atoms. The van der Waals surface area contributed by atoms with Crippen molar-refractivity contribution in [3.8, 4) is 0 Å². The quantitative estimate of drug-likeness (QED) is 0.772. The van der Waals surface area contributed by atoms with Gasteiger partial charge in [-0.05, 0) is 24.3 Å². The third-order valence-corrected chi connectivity index (χ3v) is 3.64. The van der Waals surface area contributed by atoms with Gasteiger partial charge in [0.25, 0.3) is 0 Å². The van der Waals surface area contributed by atoms with Crippen LogP contribution in [0.4, 0.5) is 18.9 Å². The second-order valence-electron chi connectivity index (χ2n) is 4.18. The lowest BCUT2D eigenvalue weighted by Gasteiger charge is -2.10. The van der Waals surface area contributed by atoms with Crippen LogP contribution in [0.2, 0.25) is 0 Å². The van der Waals surface area contributed by atoms with Crippen LogP contribution in [0.1, 0.15) is 23.7 Å². The number of hydrogen-bond donors (Lipinski definition) is 2. The molecule has 0 unspecified atom stereocenters. The number of hydrogen-bond acceptors (Lipinski definition) is 4. The molecule has 1 aromatic rings. The number of carbonyl (C=O) groups excluding carboxylic acids is 2. The summed E-state index contributed by atoms with van der Waals surface area (Å²) in [5.74, 6) is -0.769. The van der Waals surface area contributed by atoms with Crippen LogP contribution in [0.5, 0.6) is 0 Å². The highest BCUT2D eigenvalue weighted by atomic mass is 32.2. The number of carbonyl (C=O) groups is 2. The number of Topliss-reactive ketones (excluding diaryl/α,β-unsaturated/α-hetero) is 1. The molecule has 1 amide bonds. The van der Waals surface area contributed by atoms with Crippen molar-refractivity contribution in [2.75, 3.05) is 11.3 Å². The molecule has 122 valence electrons. The number of nitrogens with one attached hydrogen (secondary N) is 2. The lowest BCUT2D eigenvalue weighted by Crippen LogP contribution is -2.30. The van der Waals surface area contributed by atoms with E-state index in [9.17, 15) is 31.2 Å². The maximum Gasteiger partial charge on any atom is 0.516 e. The van der Waals surface area contributed by atoms with Crippen LogP contribution in [-0.2, 0) is 14.8 Å². The van der Waals surface area contributed by atoms with Crippen molar-refractivity contribution < 1.29 is 31.2 Å². The zero-order valence-corrected chi connectivity index (χ0v) is 12.2. The summed E-state index contributed by atoms with van der Waals surface area (Å²) >= 11 is 0. The summed E-state index contributed by atoms with van der Waals surface area (Å²) in [4.78, 5) is 22.7. The highest BCUT2D eigenvalue weighted by Crippen LogP contribution is 2.25. The summed E-state index contributed by atoms with van der Waals surface area (Å²) in [5.41, 5.74) is -5.62. The first-order valence-electron chi connectivity index (χ1n) is 6.06. The van der Waals surface area contributed by atoms with Gasteiger partial charge in [0, 0.05) is 17.7 Å². The third kappa shape index (κ3) is 4.72. The second kappa shape index (κ2) is 6.77. The largest absolute Gasteiger partial charge is 0.516 e. The molecule has 0 saturated carbocycles. The smallest absolute Gasteiger partial charge is 0.349 e. The highest BCUT2D eigenvalue weighted by molar-refractivity contribution is 7.93. The Morgan fingerprint density at radius 2 is 1.68 bits per heavy atom. The molecule has 1 rings (SSSR count). The molecule has 0 aliphatic carbocycles. The van der Waals surface area contributed by atoms with E-state index in [4.69, 9.17) is 0 Å². The van der Waals surface area contributed by atoms with Gasteiger partial charge in [0.05, 0.1) is 6.54 Å². The van der Waals surface area contributed by atoms with Gasteiger partial charge in [-0.1, -0.05) is 6.92 Å². The van der Waals surface area contributed by atoms with E-state index in [1.165, 1.54) is 4.72 Å². The number of alkyl halides is 3. The number of anilines is 1. The van der Waals surface area contributed by atoms with Crippen LogP contribution < -0.4 is 10.0 Å². The molecule has 6 nitrogen and oxygen atoms in total.